The molecule has 2 nitrogen and oxygen atoms in total. The largest absolute Gasteiger partial charge is 0.459 e. The molecule has 1 aliphatic heterocycles. The minimum Gasteiger partial charge on any atom is -0.453 e. The molecule has 0 aliphatic carbocycles. The van der Waals surface area contributed by atoms with Crippen molar-refractivity contribution >= 4 is 23.0 Å². The average Bonchev–Trinajstić information content (AvgIpc) is 2.92. The van der Waals surface area contributed by atoms with Crippen LogP contribution in [0.4, 0.5) is 36.4 Å². The average molecular weight is 398 g/mol. The van der Waals surface area contributed by atoms with Crippen LogP contribution in [0.2, 0.25) is 5.02 Å². The number of nitrogens with zero attached hydrogens (tertiary/aromatic N) is 1. The van der Waals surface area contributed by atoms with Gasteiger partial charge in [0.1, 0.15) is 17.3 Å². The maximum absolute atomic E-state index is 13.6. The van der Waals surface area contributed by atoms with E-state index in [4.69, 9.17) is 16.3 Å². The number of hydrogen-bond donors (Lipinski definition) is 0. The van der Waals surface area contributed by atoms with E-state index in [-0.39, 0.29) is 22.0 Å². The van der Waals surface area contributed by atoms with Crippen LogP contribution in [0.5, 0.6) is 11.5 Å². The van der Waals surface area contributed by atoms with Gasteiger partial charge in [-0.1, -0.05) is 11.6 Å². The molecule has 0 atom stereocenters. The van der Waals surface area contributed by atoms with Gasteiger partial charge in [-0.15, -0.1) is 0 Å². The van der Waals surface area contributed by atoms with Gasteiger partial charge in [0.05, 0.1) is 10.7 Å². The fraction of sp³-hybridized carbons (Fsp3) is 0.188. The molecule has 2 aromatic carbocycles. The van der Waals surface area contributed by atoms with Crippen molar-refractivity contribution in [1.29, 1.82) is 0 Å². The molecule has 0 amide bonds. The Morgan fingerprint density at radius 2 is 1.65 bits per heavy atom. The quantitative estimate of drug-likeness (QED) is 0.562. The molecule has 1 aliphatic rings. The van der Waals surface area contributed by atoms with Gasteiger partial charge in [0.15, 0.2) is 11.6 Å². The molecule has 2 aromatic rings. The minimum atomic E-state index is -5.78. The summed E-state index contributed by atoms with van der Waals surface area (Å²) in [5, 5.41) is -0.187. The third kappa shape index (κ3) is 3.23. The van der Waals surface area contributed by atoms with E-state index >= 15 is 0 Å². The number of rotatable bonds is 3. The van der Waals surface area contributed by atoms with Crippen molar-refractivity contribution in [3.63, 3.8) is 0 Å². The molecular weight excluding hydrogens is 391 g/mol. The first kappa shape index (κ1) is 18.5. The Balaban J connectivity index is 1.91. The summed E-state index contributed by atoms with van der Waals surface area (Å²) in [4.78, 5) is 3.31. The van der Waals surface area contributed by atoms with E-state index in [1.54, 1.807) is 0 Å². The number of benzene rings is 2. The zero-order chi connectivity index (χ0) is 19.3. The molecule has 0 aromatic heterocycles. The second kappa shape index (κ2) is 6.15. The highest BCUT2D eigenvalue weighted by Crippen LogP contribution is 2.44. The number of ether oxygens (including phenoxy) is 1. The summed E-state index contributed by atoms with van der Waals surface area (Å²) in [5.41, 5.74) is -1.53. The maximum Gasteiger partial charge on any atom is 0.459 e. The molecule has 0 fully saturated rings. The van der Waals surface area contributed by atoms with Gasteiger partial charge >= 0.3 is 12.1 Å². The smallest absolute Gasteiger partial charge is 0.453 e. The fourth-order valence-corrected chi connectivity index (χ4v) is 2.49. The van der Waals surface area contributed by atoms with Gasteiger partial charge in [-0.2, -0.15) is 22.0 Å². The Hall–Kier alpha value is -2.29. The lowest BCUT2D eigenvalue weighted by atomic mass is 10.1. The lowest BCUT2D eigenvalue weighted by Gasteiger charge is -2.19. The van der Waals surface area contributed by atoms with Crippen LogP contribution < -0.4 is 4.74 Å². The lowest BCUT2D eigenvalue weighted by Crippen LogP contribution is -2.44. The van der Waals surface area contributed by atoms with E-state index in [0.29, 0.717) is 6.07 Å². The van der Waals surface area contributed by atoms with E-state index in [9.17, 15) is 30.7 Å². The minimum absolute atomic E-state index is 0.00541. The first-order valence-corrected chi connectivity index (χ1v) is 7.35. The predicted molar refractivity (Wildman–Crippen MR) is 79.7 cm³/mol. The number of hydrogen-bond acceptors (Lipinski definition) is 2. The third-order valence-corrected chi connectivity index (χ3v) is 3.87. The Kier molecular flexibility index (Phi) is 4.38. The highest BCUT2D eigenvalue weighted by atomic mass is 35.5. The van der Waals surface area contributed by atoms with Gasteiger partial charge in [-0.3, -0.25) is 4.99 Å². The summed E-state index contributed by atoms with van der Waals surface area (Å²) >= 11 is 5.89. The lowest BCUT2D eigenvalue weighted by molar-refractivity contribution is -0.249. The van der Waals surface area contributed by atoms with Crippen molar-refractivity contribution in [1.82, 2.24) is 0 Å². The topological polar surface area (TPSA) is 21.6 Å². The summed E-state index contributed by atoms with van der Waals surface area (Å²) in [6, 6.07) is 4.58. The SMILES string of the molecule is Fc1ccc(Oc2cc3c(cc2Cl)N=C(C(F)(F)C(F)(F)F)C3)c(F)c1. The molecule has 0 saturated heterocycles. The van der Waals surface area contributed by atoms with Gasteiger partial charge < -0.3 is 4.74 Å². The monoisotopic (exact) mass is 397 g/mol. The second-order valence-electron chi connectivity index (χ2n) is 5.40. The highest BCUT2D eigenvalue weighted by molar-refractivity contribution is 6.32. The van der Waals surface area contributed by atoms with Crippen molar-refractivity contribution in [3.8, 4) is 11.5 Å². The summed E-state index contributed by atoms with van der Waals surface area (Å²) in [6.07, 6.45) is -6.56. The van der Waals surface area contributed by atoms with Crippen LogP contribution in [-0.4, -0.2) is 17.8 Å². The number of fused-ring (bicyclic) bond motifs is 1. The van der Waals surface area contributed by atoms with Crippen LogP contribution in [0, 0.1) is 11.6 Å². The molecule has 26 heavy (non-hydrogen) atoms. The van der Waals surface area contributed by atoms with Crippen molar-refractivity contribution in [3.05, 3.63) is 52.6 Å². The molecule has 0 N–H and O–H groups in total. The zero-order valence-electron chi connectivity index (χ0n) is 12.5. The first-order valence-electron chi connectivity index (χ1n) is 6.97. The Bertz CT molecular complexity index is 908. The van der Waals surface area contributed by atoms with E-state index in [0.717, 1.165) is 24.3 Å². The Labute approximate surface area is 146 Å². The third-order valence-electron chi connectivity index (χ3n) is 3.58. The fourth-order valence-electron chi connectivity index (χ4n) is 2.30. The molecule has 0 spiro atoms. The van der Waals surface area contributed by atoms with Crippen LogP contribution >= 0.6 is 11.6 Å². The van der Waals surface area contributed by atoms with Crippen LogP contribution in [0.15, 0.2) is 35.3 Å². The second-order valence-corrected chi connectivity index (χ2v) is 5.80. The Morgan fingerprint density at radius 3 is 2.27 bits per heavy atom. The normalized spacial score (nSPS) is 14.2. The van der Waals surface area contributed by atoms with E-state index in [1.165, 1.54) is 0 Å². The molecule has 10 heteroatoms. The molecule has 3 rings (SSSR count). The van der Waals surface area contributed by atoms with Crippen molar-refractivity contribution in [2.24, 2.45) is 4.99 Å². The number of alkyl halides is 5. The van der Waals surface area contributed by atoms with Gasteiger partial charge in [0, 0.05) is 12.5 Å². The summed E-state index contributed by atoms with van der Waals surface area (Å²) < 4.78 is 96.0. The molecule has 0 unspecified atom stereocenters. The first-order chi connectivity index (χ1) is 12.0. The van der Waals surface area contributed by atoms with Crippen molar-refractivity contribution in [2.75, 3.05) is 0 Å². The highest BCUT2D eigenvalue weighted by Gasteiger charge is 2.61. The molecule has 0 radical (unpaired) electrons. The van der Waals surface area contributed by atoms with E-state index in [2.05, 4.69) is 4.99 Å². The molecular formula is C16H7ClF7NO. The molecule has 0 saturated carbocycles. The number of halogens is 8. The van der Waals surface area contributed by atoms with Crippen molar-refractivity contribution < 1.29 is 35.5 Å². The number of aliphatic imine (C=N–C) groups is 1. The Morgan fingerprint density at radius 1 is 0.962 bits per heavy atom. The molecule has 1 heterocycles. The van der Waals surface area contributed by atoms with Crippen LogP contribution in [0.25, 0.3) is 0 Å². The maximum atomic E-state index is 13.6. The molecule has 138 valence electrons. The van der Waals surface area contributed by atoms with Crippen LogP contribution in [0.3, 0.4) is 0 Å². The van der Waals surface area contributed by atoms with E-state index in [1.807, 2.05) is 0 Å². The van der Waals surface area contributed by atoms with Crippen LogP contribution in [0.1, 0.15) is 5.56 Å². The van der Waals surface area contributed by atoms with Gasteiger partial charge in [0.2, 0.25) is 0 Å². The standard InChI is InChI=1S/C16H7ClF7NO/c17-9-6-11-7(4-14(25-11)15(20,21)16(22,23)24)3-13(9)26-12-2-1-8(18)5-10(12)19/h1-3,5-6H,4H2. The summed E-state index contributed by atoms with van der Waals surface area (Å²) in [7, 11) is 0. The van der Waals surface area contributed by atoms with E-state index < -0.39 is 41.6 Å². The van der Waals surface area contributed by atoms with Gasteiger partial charge in [-0.25, -0.2) is 8.78 Å². The van der Waals surface area contributed by atoms with Gasteiger partial charge in [-0.05, 0) is 29.8 Å². The summed E-state index contributed by atoms with van der Waals surface area (Å²) in [6.45, 7) is 0. The van der Waals surface area contributed by atoms with Gasteiger partial charge in [0.25, 0.3) is 0 Å². The molecule has 0 bridgehead atoms. The predicted octanol–water partition coefficient (Wildman–Crippen LogP) is 6.24. The van der Waals surface area contributed by atoms with Crippen LogP contribution in [-0.2, 0) is 6.42 Å². The summed E-state index contributed by atoms with van der Waals surface area (Å²) in [5.74, 6) is -7.57. The van der Waals surface area contributed by atoms with Crippen molar-refractivity contribution in [2.45, 2.75) is 18.5 Å². The zero-order valence-corrected chi connectivity index (χ0v) is 13.2.